The Bertz CT molecular complexity index is 74.8. The van der Waals surface area contributed by atoms with Crippen molar-refractivity contribution in [3.8, 4) is 0 Å². The quantitative estimate of drug-likeness (QED) is 0.457. The summed E-state index contributed by atoms with van der Waals surface area (Å²) >= 11 is 0. The highest BCUT2D eigenvalue weighted by molar-refractivity contribution is 7.39. The normalized spacial score (nSPS) is 8.75. The highest BCUT2D eigenvalue weighted by atomic mass is 31.0. The highest BCUT2D eigenvalue weighted by Crippen LogP contribution is 1.85. The molecule has 0 spiro atoms. The van der Waals surface area contributed by atoms with Crippen molar-refractivity contribution in [1.82, 2.24) is 5.32 Å². The Labute approximate surface area is 52.2 Å². The molecule has 3 heteroatoms. The molecule has 1 N–H and O–H groups in total. The zero-order chi connectivity index (χ0) is 6.41. The summed E-state index contributed by atoms with van der Waals surface area (Å²) in [5.41, 5.74) is -0.0153. The van der Waals surface area contributed by atoms with Crippen LogP contribution < -0.4 is 5.32 Å². The molecule has 0 saturated heterocycles. The van der Waals surface area contributed by atoms with Gasteiger partial charge in [0.05, 0.1) is 0 Å². The van der Waals surface area contributed by atoms with Crippen molar-refractivity contribution in [3.63, 3.8) is 0 Å². The molecule has 0 aromatic carbocycles. The fourth-order valence-electron chi connectivity index (χ4n) is 0.388. The Hall–Kier alpha value is -0.100. The van der Waals surface area contributed by atoms with E-state index in [9.17, 15) is 4.79 Å². The van der Waals surface area contributed by atoms with Gasteiger partial charge < -0.3 is 5.32 Å². The van der Waals surface area contributed by atoms with Gasteiger partial charge in [-0.05, 0) is 15.7 Å². The molecule has 0 fully saturated rings. The van der Waals surface area contributed by atoms with Crippen molar-refractivity contribution in [2.75, 3.05) is 6.54 Å². The van der Waals surface area contributed by atoms with Crippen molar-refractivity contribution in [2.45, 2.75) is 19.8 Å². The van der Waals surface area contributed by atoms with Gasteiger partial charge in [-0.2, -0.15) is 0 Å². The molecule has 0 aromatic heterocycles. The first-order valence-electron chi connectivity index (χ1n) is 2.80. The van der Waals surface area contributed by atoms with Gasteiger partial charge in [0, 0.05) is 6.54 Å². The zero-order valence-corrected chi connectivity index (χ0v) is 6.26. The number of hydrogen-bond acceptors (Lipinski definition) is 1. The van der Waals surface area contributed by atoms with Gasteiger partial charge in [0.1, 0.15) is 0 Å². The third-order valence-corrected chi connectivity index (χ3v) is 1.03. The lowest BCUT2D eigenvalue weighted by atomic mass is 10.3. The number of hydrogen-bond donors (Lipinski definition) is 1. The van der Waals surface area contributed by atoms with E-state index in [0.717, 1.165) is 19.4 Å². The maximum atomic E-state index is 10.2. The van der Waals surface area contributed by atoms with E-state index >= 15 is 0 Å². The smallest absolute Gasteiger partial charge is 0.234 e. The fourth-order valence-corrected chi connectivity index (χ4v) is 0.533. The summed E-state index contributed by atoms with van der Waals surface area (Å²) in [5.74, 6) is 0. The van der Waals surface area contributed by atoms with E-state index in [2.05, 4.69) is 21.5 Å². The summed E-state index contributed by atoms with van der Waals surface area (Å²) in [6, 6.07) is 0. The van der Waals surface area contributed by atoms with Crippen molar-refractivity contribution >= 4 is 14.9 Å². The summed E-state index contributed by atoms with van der Waals surface area (Å²) in [7, 11) is 2.08. The lowest BCUT2D eigenvalue weighted by molar-refractivity contribution is 0.260. The highest BCUT2D eigenvalue weighted by Gasteiger charge is 1.85. The predicted octanol–water partition coefficient (Wildman–Crippen LogP) is 1.37. The number of carbonyl (C=O) groups is 1. The zero-order valence-electron chi connectivity index (χ0n) is 5.11. The molecule has 0 aliphatic rings. The largest absolute Gasteiger partial charge is 0.353 e. The van der Waals surface area contributed by atoms with Crippen molar-refractivity contribution in [3.05, 3.63) is 0 Å². The molecule has 0 aromatic rings. The average Bonchev–Trinajstić information content (AvgIpc) is 1.66. The minimum Gasteiger partial charge on any atom is -0.353 e. The molecule has 8 heavy (non-hydrogen) atoms. The maximum absolute atomic E-state index is 10.2. The van der Waals surface area contributed by atoms with Gasteiger partial charge >= 0.3 is 0 Å². The molecule has 0 bridgehead atoms. The SMILES string of the molecule is CCCCNC(=O)P. The van der Waals surface area contributed by atoms with Crippen molar-refractivity contribution in [1.29, 1.82) is 0 Å². The molecule has 48 valence electrons. The average molecular weight is 133 g/mol. The van der Waals surface area contributed by atoms with E-state index in [1.54, 1.807) is 0 Å². The maximum Gasteiger partial charge on any atom is 0.234 e. The van der Waals surface area contributed by atoms with Crippen LogP contribution in [0.3, 0.4) is 0 Å². The van der Waals surface area contributed by atoms with Crippen LogP contribution in [0.2, 0.25) is 0 Å². The van der Waals surface area contributed by atoms with Crippen LogP contribution in [0, 0.1) is 0 Å². The van der Waals surface area contributed by atoms with Crippen molar-refractivity contribution in [2.24, 2.45) is 0 Å². The Kier molecular flexibility index (Phi) is 4.98. The van der Waals surface area contributed by atoms with Crippen LogP contribution in [0.15, 0.2) is 0 Å². The number of amides is 1. The van der Waals surface area contributed by atoms with Crippen LogP contribution in [0.1, 0.15) is 19.8 Å². The molecule has 0 aliphatic heterocycles. The summed E-state index contributed by atoms with van der Waals surface area (Å²) in [4.78, 5) is 10.2. The molecular formula is C5H12NOP. The molecule has 1 unspecified atom stereocenters. The molecule has 0 heterocycles. The van der Waals surface area contributed by atoms with Gasteiger partial charge in [-0.1, -0.05) is 13.3 Å². The second-order valence-electron chi connectivity index (χ2n) is 1.64. The second-order valence-corrected chi connectivity index (χ2v) is 2.17. The van der Waals surface area contributed by atoms with Crippen LogP contribution in [-0.2, 0) is 0 Å². The third-order valence-electron chi connectivity index (χ3n) is 0.830. The monoisotopic (exact) mass is 133 g/mol. The molecule has 0 saturated carbocycles. The van der Waals surface area contributed by atoms with Gasteiger partial charge in [0.2, 0.25) is 5.65 Å². The first kappa shape index (κ1) is 7.90. The van der Waals surface area contributed by atoms with Gasteiger partial charge in [-0.25, -0.2) is 0 Å². The van der Waals surface area contributed by atoms with E-state index in [1.165, 1.54) is 0 Å². The van der Waals surface area contributed by atoms with Gasteiger partial charge in [-0.15, -0.1) is 0 Å². The Morgan fingerprint density at radius 2 is 2.38 bits per heavy atom. The number of unbranched alkanes of at least 4 members (excludes halogenated alkanes) is 1. The second kappa shape index (κ2) is 5.04. The van der Waals surface area contributed by atoms with Gasteiger partial charge in [0.25, 0.3) is 0 Å². The van der Waals surface area contributed by atoms with E-state index in [1.807, 2.05) is 0 Å². The van der Waals surface area contributed by atoms with E-state index in [4.69, 9.17) is 0 Å². The number of carbonyl (C=O) groups excluding carboxylic acids is 1. The molecule has 2 nitrogen and oxygen atoms in total. The number of rotatable bonds is 3. The van der Waals surface area contributed by atoms with Gasteiger partial charge in [0.15, 0.2) is 0 Å². The molecular weight excluding hydrogens is 121 g/mol. The fraction of sp³-hybridized carbons (Fsp3) is 0.800. The van der Waals surface area contributed by atoms with E-state index < -0.39 is 0 Å². The molecule has 0 radical (unpaired) electrons. The molecule has 1 amide bonds. The Balaban J connectivity index is 2.82. The van der Waals surface area contributed by atoms with Crippen LogP contribution >= 0.6 is 9.24 Å². The third kappa shape index (κ3) is 5.90. The summed E-state index contributed by atoms with van der Waals surface area (Å²) in [6.07, 6.45) is 2.20. The number of nitrogens with one attached hydrogen (secondary N) is 1. The Morgan fingerprint density at radius 3 is 2.75 bits per heavy atom. The van der Waals surface area contributed by atoms with Crippen LogP contribution in [0.4, 0.5) is 4.79 Å². The molecule has 1 atom stereocenters. The molecule has 0 rings (SSSR count). The minimum atomic E-state index is -0.0153. The lowest BCUT2D eigenvalue weighted by Crippen LogP contribution is -2.16. The topological polar surface area (TPSA) is 29.1 Å². The standard InChI is InChI=1S/C5H12NOP/c1-2-3-4-6-5(7)8/h2-4,8H2,1H3,(H,6,7). The van der Waals surface area contributed by atoms with E-state index in [-0.39, 0.29) is 5.65 Å². The van der Waals surface area contributed by atoms with Gasteiger partial charge in [-0.3, -0.25) is 4.79 Å². The summed E-state index contributed by atoms with van der Waals surface area (Å²) in [6.45, 7) is 2.90. The van der Waals surface area contributed by atoms with Crippen LogP contribution in [-0.4, -0.2) is 12.2 Å². The van der Waals surface area contributed by atoms with E-state index in [0.29, 0.717) is 0 Å². The predicted molar refractivity (Wildman–Crippen MR) is 38.0 cm³/mol. The van der Waals surface area contributed by atoms with Crippen LogP contribution in [0.5, 0.6) is 0 Å². The van der Waals surface area contributed by atoms with Crippen molar-refractivity contribution < 1.29 is 4.79 Å². The summed E-state index contributed by atoms with van der Waals surface area (Å²) < 4.78 is 0. The Morgan fingerprint density at radius 1 is 1.75 bits per heavy atom. The minimum absolute atomic E-state index is 0.0153. The molecule has 0 aliphatic carbocycles. The first-order chi connectivity index (χ1) is 3.77. The summed E-state index contributed by atoms with van der Waals surface area (Å²) in [5, 5.41) is 2.67. The lowest BCUT2D eigenvalue weighted by Gasteiger charge is -1.96. The first-order valence-corrected chi connectivity index (χ1v) is 3.38. The van der Waals surface area contributed by atoms with Crippen LogP contribution in [0.25, 0.3) is 0 Å².